The summed E-state index contributed by atoms with van der Waals surface area (Å²) in [5, 5.41) is 2.48. The van der Waals surface area contributed by atoms with Gasteiger partial charge in [-0.25, -0.2) is 0 Å². The Hall–Kier alpha value is -0.550. The van der Waals surface area contributed by atoms with Gasteiger partial charge in [-0.1, -0.05) is 24.0 Å². The van der Waals surface area contributed by atoms with Crippen LogP contribution in [0.1, 0.15) is 6.92 Å². The van der Waals surface area contributed by atoms with E-state index in [9.17, 15) is 4.79 Å². The molecule has 0 spiro atoms. The Labute approximate surface area is 74.2 Å². The lowest BCUT2D eigenvalue weighted by atomic mass is 10.6. The Morgan fingerprint density at radius 1 is 1.82 bits per heavy atom. The van der Waals surface area contributed by atoms with Crippen LogP contribution in [-0.2, 0) is 9.53 Å². The summed E-state index contributed by atoms with van der Waals surface area (Å²) in [7, 11) is 0. The van der Waals surface area contributed by atoms with Crippen LogP contribution >= 0.6 is 24.0 Å². The molecule has 0 atom stereocenters. The molecule has 5 heteroatoms. The maximum Gasteiger partial charge on any atom is 0.266 e. The Balaban J connectivity index is 2.59. The van der Waals surface area contributed by atoms with E-state index in [0.29, 0.717) is 15.8 Å². The number of ether oxygens (including phenoxy) is 1. The molecule has 0 unspecified atom stereocenters. The SMILES string of the molecule is CCO/C=C1\SC(=S)NC1=O. The minimum absolute atomic E-state index is 0.173. The van der Waals surface area contributed by atoms with Crippen LogP contribution in [0.2, 0.25) is 0 Å². The van der Waals surface area contributed by atoms with E-state index in [4.69, 9.17) is 17.0 Å². The van der Waals surface area contributed by atoms with Gasteiger partial charge in [-0.3, -0.25) is 4.79 Å². The third-order valence-corrected chi connectivity index (χ3v) is 2.14. The first-order valence-corrected chi connectivity index (χ1v) is 4.31. The smallest absolute Gasteiger partial charge is 0.266 e. The molecule has 3 nitrogen and oxygen atoms in total. The molecule has 11 heavy (non-hydrogen) atoms. The highest BCUT2D eigenvalue weighted by molar-refractivity contribution is 8.26. The Morgan fingerprint density at radius 2 is 2.55 bits per heavy atom. The molecular formula is C6H7NO2S2. The van der Waals surface area contributed by atoms with E-state index < -0.39 is 0 Å². The van der Waals surface area contributed by atoms with Gasteiger partial charge >= 0.3 is 0 Å². The number of thioether (sulfide) groups is 1. The van der Waals surface area contributed by atoms with Gasteiger partial charge in [0.2, 0.25) is 0 Å². The van der Waals surface area contributed by atoms with Crippen molar-refractivity contribution in [2.45, 2.75) is 6.92 Å². The van der Waals surface area contributed by atoms with Gasteiger partial charge in [-0.2, -0.15) is 0 Å². The Bertz CT molecular complexity index is 225. The molecular weight excluding hydrogens is 182 g/mol. The highest BCUT2D eigenvalue weighted by Crippen LogP contribution is 2.22. The highest BCUT2D eigenvalue weighted by atomic mass is 32.2. The van der Waals surface area contributed by atoms with Crippen LogP contribution in [0.3, 0.4) is 0 Å². The Kier molecular flexibility index (Phi) is 2.90. The standard InChI is InChI=1S/C6H7NO2S2/c1-2-9-3-4-5(8)7-6(10)11-4/h3H,2H2,1H3,(H,7,8,10)/b4-3-. The van der Waals surface area contributed by atoms with E-state index in [1.54, 1.807) is 0 Å². The third kappa shape index (κ3) is 2.20. The fourth-order valence-corrected chi connectivity index (χ4v) is 1.53. The number of hydrogen-bond donors (Lipinski definition) is 1. The van der Waals surface area contributed by atoms with Gasteiger partial charge in [0.25, 0.3) is 5.91 Å². The van der Waals surface area contributed by atoms with Crippen molar-refractivity contribution in [1.82, 2.24) is 5.32 Å². The minimum Gasteiger partial charge on any atom is -0.500 e. The lowest BCUT2D eigenvalue weighted by molar-refractivity contribution is -0.115. The van der Waals surface area contributed by atoms with Crippen molar-refractivity contribution >= 4 is 34.2 Å². The highest BCUT2D eigenvalue weighted by Gasteiger charge is 2.22. The summed E-state index contributed by atoms with van der Waals surface area (Å²) >= 11 is 5.98. The molecule has 1 rings (SSSR count). The molecule has 1 aliphatic heterocycles. The predicted molar refractivity (Wildman–Crippen MR) is 48.0 cm³/mol. The summed E-state index contributed by atoms with van der Waals surface area (Å²) in [5.74, 6) is -0.173. The maximum atomic E-state index is 10.9. The van der Waals surface area contributed by atoms with Crippen molar-refractivity contribution in [1.29, 1.82) is 0 Å². The van der Waals surface area contributed by atoms with E-state index in [-0.39, 0.29) is 5.91 Å². The van der Waals surface area contributed by atoms with Gasteiger partial charge in [-0.15, -0.1) is 0 Å². The van der Waals surface area contributed by atoms with Gasteiger partial charge in [0, 0.05) is 0 Å². The van der Waals surface area contributed by atoms with Crippen molar-refractivity contribution < 1.29 is 9.53 Å². The fraction of sp³-hybridized carbons (Fsp3) is 0.333. The molecule has 60 valence electrons. The van der Waals surface area contributed by atoms with Crippen LogP contribution < -0.4 is 5.32 Å². The molecule has 1 fully saturated rings. The molecule has 1 aliphatic rings. The van der Waals surface area contributed by atoms with Crippen molar-refractivity contribution in [2.75, 3.05) is 6.61 Å². The zero-order chi connectivity index (χ0) is 8.27. The van der Waals surface area contributed by atoms with Gasteiger partial charge in [0.1, 0.15) is 15.5 Å². The van der Waals surface area contributed by atoms with Crippen LogP contribution in [0.15, 0.2) is 11.2 Å². The molecule has 0 aliphatic carbocycles. The van der Waals surface area contributed by atoms with Crippen molar-refractivity contribution in [3.8, 4) is 0 Å². The molecule has 0 aromatic heterocycles. The molecule has 0 aromatic carbocycles. The summed E-state index contributed by atoms with van der Waals surface area (Å²) in [4.78, 5) is 11.4. The predicted octanol–water partition coefficient (Wildman–Crippen LogP) is 1.01. The fourth-order valence-electron chi connectivity index (χ4n) is 0.563. The zero-order valence-corrected chi connectivity index (χ0v) is 7.55. The topological polar surface area (TPSA) is 38.3 Å². The maximum absolute atomic E-state index is 10.9. The van der Waals surface area contributed by atoms with E-state index >= 15 is 0 Å². The van der Waals surface area contributed by atoms with Crippen molar-refractivity contribution in [2.24, 2.45) is 0 Å². The van der Waals surface area contributed by atoms with Crippen LogP contribution in [-0.4, -0.2) is 16.8 Å². The summed E-state index contributed by atoms with van der Waals surface area (Å²) in [6.45, 7) is 2.41. The first kappa shape index (κ1) is 8.55. The number of thiocarbonyl (C=S) groups is 1. The van der Waals surface area contributed by atoms with Crippen LogP contribution in [0.4, 0.5) is 0 Å². The normalized spacial score (nSPS) is 20.6. The zero-order valence-electron chi connectivity index (χ0n) is 5.92. The quantitative estimate of drug-likeness (QED) is 0.400. The molecule has 0 saturated carbocycles. The number of rotatable bonds is 2. The van der Waals surface area contributed by atoms with Gasteiger partial charge < -0.3 is 10.1 Å². The van der Waals surface area contributed by atoms with Crippen LogP contribution in [0.5, 0.6) is 0 Å². The second kappa shape index (κ2) is 3.73. The molecule has 1 N–H and O–H groups in total. The lowest BCUT2D eigenvalue weighted by Gasteiger charge is -1.93. The first-order chi connectivity index (χ1) is 5.24. The molecule has 1 heterocycles. The number of amides is 1. The molecule has 0 radical (unpaired) electrons. The van der Waals surface area contributed by atoms with Crippen molar-refractivity contribution in [3.63, 3.8) is 0 Å². The third-order valence-electron chi connectivity index (χ3n) is 0.999. The van der Waals surface area contributed by atoms with Gasteiger partial charge in [0.15, 0.2) is 0 Å². The second-order valence-corrected chi connectivity index (χ2v) is 3.50. The van der Waals surface area contributed by atoms with E-state index in [0.717, 1.165) is 0 Å². The number of carbonyl (C=O) groups excluding carboxylic acids is 1. The average Bonchev–Trinajstić information content (AvgIpc) is 2.26. The van der Waals surface area contributed by atoms with Crippen LogP contribution in [0.25, 0.3) is 0 Å². The summed E-state index contributed by atoms with van der Waals surface area (Å²) < 4.78 is 5.42. The first-order valence-electron chi connectivity index (χ1n) is 3.09. The van der Waals surface area contributed by atoms with E-state index in [1.165, 1.54) is 18.0 Å². The molecule has 0 aromatic rings. The lowest BCUT2D eigenvalue weighted by Crippen LogP contribution is -2.17. The number of hydrogen-bond acceptors (Lipinski definition) is 4. The largest absolute Gasteiger partial charge is 0.500 e. The second-order valence-electron chi connectivity index (χ2n) is 1.78. The van der Waals surface area contributed by atoms with E-state index in [1.807, 2.05) is 6.92 Å². The summed E-state index contributed by atoms with van der Waals surface area (Å²) in [6, 6.07) is 0. The van der Waals surface area contributed by atoms with Gasteiger partial charge in [-0.05, 0) is 6.92 Å². The van der Waals surface area contributed by atoms with Crippen LogP contribution in [0, 0.1) is 0 Å². The molecule has 1 saturated heterocycles. The Morgan fingerprint density at radius 3 is 3.00 bits per heavy atom. The summed E-state index contributed by atoms with van der Waals surface area (Å²) in [5.41, 5.74) is 0. The minimum atomic E-state index is -0.173. The monoisotopic (exact) mass is 189 g/mol. The molecule has 1 amide bonds. The average molecular weight is 189 g/mol. The van der Waals surface area contributed by atoms with Crippen molar-refractivity contribution in [3.05, 3.63) is 11.2 Å². The number of nitrogens with one attached hydrogen (secondary N) is 1. The van der Waals surface area contributed by atoms with E-state index in [2.05, 4.69) is 5.32 Å². The number of carbonyl (C=O) groups is 1. The van der Waals surface area contributed by atoms with Gasteiger partial charge in [0.05, 0.1) is 6.61 Å². The summed E-state index contributed by atoms with van der Waals surface area (Å²) in [6.07, 6.45) is 1.43. The molecule has 0 bridgehead atoms.